The summed E-state index contributed by atoms with van der Waals surface area (Å²) in [5, 5.41) is 19.3. The number of nitrogens with one attached hydrogen (secondary N) is 1. The van der Waals surface area contributed by atoms with Crippen molar-refractivity contribution in [3.8, 4) is 6.07 Å². The first-order valence-corrected chi connectivity index (χ1v) is 5.49. The first kappa shape index (κ1) is 15.3. The first-order valence-electron chi connectivity index (χ1n) is 5.49. The summed E-state index contributed by atoms with van der Waals surface area (Å²) in [6.45, 7) is 0.106. The number of nitrogen functional groups attached to an aromatic ring is 1. The Balaban J connectivity index is 3.24. The van der Waals surface area contributed by atoms with E-state index in [9.17, 15) is 19.3 Å². The number of rotatable bonds is 5. The van der Waals surface area contributed by atoms with E-state index in [0.29, 0.717) is 6.07 Å². The van der Waals surface area contributed by atoms with E-state index in [2.05, 4.69) is 0 Å². The summed E-state index contributed by atoms with van der Waals surface area (Å²) >= 11 is 0. The van der Waals surface area contributed by atoms with Crippen LogP contribution in [0, 0.1) is 27.3 Å². The molecule has 1 rings (SSSR count). The van der Waals surface area contributed by atoms with Crippen LogP contribution >= 0.6 is 0 Å². The van der Waals surface area contributed by atoms with Gasteiger partial charge in [0.25, 0.3) is 11.6 Å². The Labute approximate surface area is 113 Å². The van der Waals surface area contributed by atoms with Gasteiger partial charge in [-0.1, -0.05) is 0 Å². The Bertz CT molecular complexity index is 584. The van der Waals surface area contributed by atoms with Crippen molar-refractivity contribution in [1.29, 1.82) is 5.26 Å². The van der Waals surface area contributed by atoms with Crippen molar-refractivity contribution in [2.75, 3.05) is 19.0 Å². The van der Waals surface area contributed by atoms with Crippen LogP contribution < -0.4 is 11.3 Å². The molecular formula is C11H12FN5O3. The number of nitro groups is 1. The van der Waals surface area contributed by atoms with Crippen LogP contribution in [0.3, 0.4) is 0 Å². The van der Waals surface area contributed by atoms with E-state index in [0.717, 1.165) is 11.0 Å². The normalized spacial score (nSPS) is 9.70. The molecule has 1 amide bonds. The van der Waals surface area contributed by atoms with Gasteiger partial charge in [0.1, 0.15) is 5.56 Å². The van der Waals surface area contributed by atoms with Gasteiger partial charge in [0.2, 0.25) is 0 Å². The van der Waals surface area contributed by atoms with Crippen LogP contribution in [0.1, 0.15) is 16.8 Å². The minimum Gasteiger partial charge on any atom is -0.340 e. The maximum Gasteiger partial charge on any atom is 0.285 e. The molecule has 1 aromatic rings. The summed E-state index contributed by atoms with van der Waals surface area (Å²) in [5.41, 5.74) is 0.831. The molecule has 0 saturated carbocycles. The predicted molar refractivity (Wildman–Crippen MR) is 68.1 cm³/mol. The molecule has 0 bridgehead atoms. The van der Waals surface area contributed by atoms with Gasteiger partial charge in [0.15, 0.2) is 5.82 Å². The van der Waals surface area contributed by atoms with Gasteiger partial charge in [-0.15, -0.1) is 0 Å². The van der Waals surface area contributed by atoms with Crippen LogP contribution in [-0.4, -0.2) is 29.3 Å². The smallest absolute Gasteiger partial charge is 0.285 e. The molecule has 0 heterocycles. The number of hydrogen-bond acceptors (Lipinski definition) is 6. The fourth-order valence-electron chi connectivity index (χ4n) is 1.52. The number of nitrogens with zero attached hydrogens (tertiary/aromatic N) is 3. The van der Waals surface area contributed by atoms with E-state index < -0.39 is 22.3 Å². The number of carbonyl (C=O) groups excluding carboxylic acids is 1. The molecule has 0 fully saturated rings. The van der Waals surface area contributed by atoms with Crippen molar-refractivity contribution in [2.45, 2.75) is 6.42 Å². The summed E-state index contributed by atoms with van der Waals surface area (Å²) in [6.07, 6.45) is 0.0826. The van der Waals surface area contributed by atoms with Crippen LogP contribution in [0.2, 0.25) is 0 Å². The molecule has 106 valence electrons. The number of halogens is 1. The third kappa shape index (κ3) is 3.18. The second-order valence-corrected chi connectivity index (χ2v) is 3.89. The highest BCUT2D eigenvalue weighted by Gasteiger charge is 2.25. The molecule has 9 heteroatoms. The van der Waals surface area contributed by atoms with Crippen molar-refractivity contribution >= 4 is 17.3 Å². The lowest BCUT2D eigenvalue weighted by atomic mass is 10.1. The predicted octanol–water partition coefficient (Wildman–Crippen LogP) is 1.01. The summed E-state index contributed by atoms with van der Waals surface area (Å²) in [5.74, 6) is 3.45. The molecule has 3 N–H and O–H groups in total. The number of anilines is 1. The van der Waals surface area contributed by atoms with Crippen molar-refractivity contribution in [1.82, 2.24) is 4.90 Å². The molecule has 20 heavy (non-hydrogen) atoms. The molecule has 0 radical (unpaired) electrons. The third-order valence-electron chi connectivity index (χ3n) is 2.57. The Morgan fingerprint density at radius 2 is 2.30 bits per heavy atom. The van der Waals surface area contributed by atoms with Gasteiger partial charge in [-0.25, -0.2) is 4.39 Å². The van der Waals surface area contributed by atoms with Crippen LogP contribution in [0.15, 0.2) is 12.1 Å². The van der Waals surface area contributed by atoms with Gasteiger partial charge in [-0.3, -0.25) is 20.8 Å². The molecule has 0 aliphatic carbocycles. The lowest BCUT2D eigenvalue weighted by Crippen LogP contribution is -2.28. The zero-order valence-electron chi connectivity index (χ0n) is 10.6. The van der Waals surface area contributed by atoms with E-state index >= 15 is 0 Å². The molecule has 0 atom stereocenters. The summed E-state index contributed by atoms with van der Waals surface area (Å²) in [7, 11) is 1.39. The average Bonchev–Trinajstić information content (AvgIpc) is 2.43. The number of nitro benzene ring substituents is 1. The highest BCUT2D eigenvalue weighted by Crippen LogP contribution is 2.26. The van der Waals surface area contributed by atoms with E-state index in [1.807, 2.05) is 11.5 Å². The number of nitriles is 1. The zero-order chi connectivity index (χ0) is 15.3. The second-order valence-electron chi connectivity index (χ2n) is 3.89. The van der Waals surface area contributed by atoms with Gasteiger partial charge in [-0.05, 0) is 6.07 Å². The molecule has 0 saturated heterocycles. The van der Waals surface area contributed by atoms with E-state index in [1.165, 1.54) is 7.05 Å². The van der Waals surface area contributed by atoms with Crippen molar-refractivity contribution in [3.05, 3.63) is 33.6 Å². The Hall–Kier alpha value is -2.73. The number of amides is 1. The van der Waals surface area contributed by atoms with Gasteiger partial charge in [0, 0.05) is 13.6 Å². The minimum absolute atomic E-state index is 0.0826. The van der Waals surface area contributed by atoms with Gasteiger partial charge in [0.05, 0.1) is 29.2 Å². The average molecular weight is 281 g/mol. The van der Waals surface area contributed by atoms with Gasteiger partial charge in [-0.2, -0.15) is 5.26 Å². The largest absolute Gasteiger partial charge is 0.340 e. The van der Waals surface area contributed by atoms with Crippen molar-refractivity contribution in [2.24, 2.45) is 5.84 Å². The SMILES string of the molecule is CN(CCC#N)C(=O)c1cc(NN)c(F)cc1[N+](=O)[O-]. The number of benzene rings is 1. The first-order chi connectivity index (χ1) is 9.42. The summed E-state index contributed by atoms with van der Waals surface area (Å²) < 4.78 is 13.4. The van der Waals surface area contributed by atoms with Crippen molar-refractivity contribution < 1.29 is 14.1 Å². The highest BCUT2D eigenvalue weighted by molar-refractivity contribution is 5.99. The third-order valence-corrected chi connectivity index (χ3v) is 2.57. The lowest BCUT2D eigenvalue weighted by Gasteiger charge is -2.16. The van der Waals surface area contributed by atoms with Crippen LogP contribution in [-0.2, 0) is 0 Å². The number of carbonyl (C=O) groups is 1. The Morgan fingerprint density at radius 1 is 1.65 bits per heavy atom. The molecule has 0 aliphatic rings. The molecule has 8 nitrogen and oxygen atoms in total. The number of hydrogen-bond donors (Lipinski definition) is 2. The maximum absolute atomic E-state index is 13.4. The van der Waals surface area contributed by atoms with E-state index in [1.54, 1.807) is 0 Å². The second kappa shape index (κ2) is 6.44. The monoisotopic (exact) mass is 281 g/mol. The highest BCUT2D eigenvalue weighted by atomic mass is 19.1. The molecule has 0 aromatic heterocycles. The quantitative estimate of drug-likeness (QED) is 0.471. The fraction of sp³-hybridized carbons (Fsp3) is 0.273. The number of nitrogens with two attached hydrogens (primary N) is 1. The van der Waals surface area contributed by atoms with Crippen molar-refractivity contribution in [3.63, 3.8) is 0 Å². The topological polar surface area (TPSA) is 125 Å². The Kier molecular flexibility index (Phi) is 4.94. The van der Waals surface area contributed by atoms with E-state index in [4.69, 9.17) is 11.1 Å². The summed E-state index contributed by atoms with van der Waals surface area (Å²) in [4.78, 5) is 23.2. The Morgan fingerprint density at radius 3 is 2.80 bits per heavy atom. The van der Waals surface area contributed by atoms with Gasteiger partial charge >= 0.3 is 0 Å². The lowest BCUT2D eigenvalue weighted by molar-refractivity contribution is -0.385. The van der Waals surface area contributed by atoms with E-state index in [-0.39, 0.29) is 24.2 Å². The molecule has 0 spiro atoms. The summed E-state index contributed by atoms with van der Waals surface area (Å²) in [6, 6.07) is 3.45. The fourth-order valence-corrected chi connectivity index (χ4v) is 1.52. The van der Waals surface area contributed by atoms with Crippen LogP contribution in [0.25, 0.3) is 0 Å². The molecule has 0 unspecified atom stereocenters. The number of hydrazine groups is 1. The molecule has 1 aromatic carbocycles. The maximum atomic E-state index is 13.4. The molecule has 0 aliphatic heterocycles. The minimum atomic E-state index is -0.935. The van der Waals surface area contributed by atoms with Crippen LogP contribution in [0.5, 0.6) is 0 Å². The molecular weight excluding hydrogens is 269 g/mol. The van der Waals surface area contributed by atoms with Gasteiger partial charge < -0.3 is 10.3 Å². The van der Waals surface area contributed by atoms with Crippen LogP contribution in [0.4, 0.5) is 15.8 Å². The zero-order valence-corrected chi connectivity index (χ0v) is 10.6. The standard InChI is InChI=1S/C11H12FN5O3/c1-16(4-2-3-13)11(18)7-5-9(15-14)8(12)6-10(7)17(19)20/h5-6,15H,2,4,14H2,1H3.